The molecule has 2 aliphatic rings. The van der Waals surface area contributed by atoms with E-state index in [2.05, 4.69) is 47.2 Å². The Labute approximate surface area is 205 Å². The van der Waals surface area contributed by atoms with Crippen LogP contribution in [0.1, 0.15) is 24.2 Å². The molecular weight excluding hydrogens is 438 g/mol. The Kier molecular flexibility index (Phi) is 6.00. The molecule has 1 fully saturated rings. The van der Waals surface area contributed by atoms with Crippen LogP contribution in [0.5, 0.6) is 11.5 Å². The molecule has 180 valence electrons. The van der Waals surface area contributed by atoms with Gasteiger partial charge in [-0.1, -0.05) is 18.2 Å². The van der Waals surface area contributed by atoms with Crippen molar-refractivity contribution >= 4 is 11.3 Å². The van der Waals surface area contributed by atoms with E-state index >= 15 is 0 Å². The SMILES string of the molecule is CN(CCN1CCCC1)c1ccc(Cc2nc3cccc(-c4ccc5c(c4)OCCO5)n3n2)cc1. The number of ether oxygens (including phenoxy) is 2. The van der Waals surface area contributed by atoms with Crippen molar-refractivity contribution in [3.8, 4) is 22.8 Å². The number of pyridine rings is 1. The highest BCUT2D eigenvalue weighted by atomic mass is 16.6. The molecule has 7 heteroatoms. The Morgan fingerprint density at radius 3 is 2.54 bits per heavy atom. The van der Waals surface area contributed by atoms with Gasteiger partial charge in [-0.05, 0) is 74.0 Å². The van der Waals surface area contributed by atoms with Gasteiger partial charge in [-0.25, -0.2) is 9.50 Å². The van der Waals surface area contributed by atoms with Gasteiger partial charge >= 0.3 is 0 Å². The molecule has 2 aromatic carbocycles. The molecule has 35 heavy (non-hydrogen) atoms. The van der Waals surface area contributed by atoms with E-state index in [1.165, 1.54) is 37.2 Å². The van der Waals surface area contributed by atoms with Gasteiger partial charge in [0.2, 0.25) is 0 Å². The third kappa shape index (κ3) is 4.68. The van der Waals surface area contributed by atoms with E-state index in [0.29, 0.717) is 19.6 Å². The molecule has 2 aromatic heterocycles. The van der Waals surface area contributed by atoms with Crippen molar-refractivity contribution in [1.29, 1.82) is 0 Å². The van der Waals surface area contributed by atoms with Crippen LogP contribution in [-0.4, -0.2) is 65.9 Å². The summed E-state index contributed by atoms with van der Waals surface area (Å²) >= 11 is 0. The zero-order chi connectivity index (χ0) is 23.6. The number of likely N-dealkylation sites (tertiary alicyclic amines) is 1. The van der Waals surface area contributed by atoms with Crippen LogP contribution in [0.4, 0.5) is 5.69 Å². The van der Waals surface area contributed by atoms with E-state index in [-0.39, 0.29) is 0 Å². The van der Waals surface area contributed by atoms with Gasteiger partial charge in [-0.2, -0.15) is 5.10 Å². The monoisotopic (exact) mass is 469 g/mol. The Morgan fingerprint density at radius 2 is 1.71 bits per heavy atom. The summed E-state index contributed by atoms with van der Waals surface area (Å²) in [7, 11) is 2.17. The van der Waals surface area contributed by atoms with Crippen LogP contribution in [0.25, 0.3) is 16.9 Å². The molecule has 0 amide bonds. The number of likely N-dealkylation sites (N-methyl/N-ethyl adjacent to an activating group) is 1. The molecule has 7 nitrogen and oxygen atoms in total. The molecule has 0 spiro atoms. The lowest BCUT2D eigenvalue weighted by Gasteiger charge is -2.23. The van der Waals surface area contributed by atoms with Gasteiger partial charge in [0.15, 0.2) is 23.0 Å². The average Bonchev–Trinajstić information content (AvgIpc) is 3.57. The summed E-state index contributed by atoms with van der Waals surface area (Å²) < 4.78 is 13.4. The molecule has 4 aromatic rings. The van der Waals surface area contributed by atoms with Crippen LogP contribution in [0.2, 0.25) is 0 Å². The third-order valence-corrected chi connectivity index (χ3v) is 6.93. The zero-order valence-corrected chi connectivity index (χ0v) is 20.2. The summed E-state index contributed by atoms with van der Waals surface area (Å²) in [6.45, 7) is 5.83. The highest BCUT2D eigenvalue weighted by Gasteiger charge is 2.16. The summed E-state index contributed by atoms with van der Waals surface area (Å²) in [5, 5.41) is 4.85. The van der Waals surface area contributed by atoms with E-state index in [1.54, 1.807) is 0 Å². The summed E-state index contributed by atoms with van der Waals surface area (Å²) in [5.41, 5.74) is 5.30. The van der Waals surface area contributed by atoms with Gasteiger partial charge in [0.1, 0.15) is 13.2 Å². The number of rotatable bonds is 7. The lowest BCUT2D eigenvalue weighted by Crippen LogP contribution is -2.31. The molecule has 2 aliphatic heterocycles. The maximum atomic E-state index is 5.77. The molecular formula is C28H31N5O2. The second-order valence-corrected chi connectivity index (χ2v) is 9.38. The van der Waals surface area contributed by atoms with E-state index in [1.807, 2.05) is 34.8 Å². The van der Waals surface area contributed by atoms with Crippen molar-refractivity contribution in [2.45, 2.75) is 19.3 Å². The summed E-state index contributed by atoms with van der Waals surface area (Å²) in [6.07, 6.45) is 3.38. The van der Waals surface area contributed by atoms with Crippen molar-refractivity contribution in [2.75, 3.05) is 51.3 Å². The molecule has 6 rings (SSSR count). The summed E-state index contributed by atoms with van der Waals surface area (Å²) in [4.78, 5) is 9.69. The highest BCUT2D eigenvalue weighted by Crippen LogP contribution is 2.34. The Balaban J connectivity index is 1.17. The molecule has 0 radical (unpaired) electrons. The smallest absolute Gasteiger partial charge is 0.162 e. The van der Waals surface area contributed by atoms with Crippen LogP contribution in [0.15, 0.2) is 60.7 Å². The fraction of sp³-hybridized carbons (Fsp3) is 0.357. The van der Waals surface area contributed by atoms with Crippen LogP contribution < -0.4 is 14.4 Å². The number of hydrogen-bond donors (Lipinski definition) is 0. The molecule has 0 bridgehead atoms. The van der Waals surface area contributed by atoms with Crippen molar-refractivity contribution in [2.24, 2.45) is 0 Å². The largest absolute Gasteiger partial charge is 0.486 e. The average molecular weight is 470 g/mol. The topological polar surface area (TPSA) is 55.1 Å². The number of benzene rings is 2. The van der Waals surface area contributed by atoms with Crippen molar-refractivity contribution in [3.05, 3.63) is 72.1 Å². The maximum absolute atomic E-state index is 5.77. The van der Waals surface area contributed by atoms with Gasteiger partial charge in [-0.3, -0.25) is 0 Å². The number of anilines is 1. The van der Waals surface area contributed by atoms with Crippen LogP contribution in [0.3, 0.4) is 0 Å². The van der Waals surface area contributed by atoms with Crippen LogP contribution in [0, 0.1) is 0 Å². The maximum Gasteiger partial charge on any atom is 0.162 e. The lowest BCUT2D eigenvalue weighted by molar-refractivity contribution is 0.171. The summed E-state index contributed by atoms with van der Waals surface area (Å²) in [5.74, 6) is 2.37. The second-order valence-electron chi connectivity index (χ2n) is 9.38. The van der Waals surface area contributed by atoms with E-state index < -0.39 is 0 Å². The first-order valence-electron chi connectivity index (χ1n) is 12.5. The first-order chi connectivity index (χ1) is 17.2. The van der Waals surface area contributed by atoms with Gasteiger partial charge in [0.05, 0.1) is 5.69 Å². The van der Waals surface area contributed by atoms with Gasteiger partial charge in [-0.15, -0.1) is 0 Å². The standard InChI is InChI=1S/C28H31N5O2/c1-31(15-16-32-13-2-3-14-32)23-10-7-21(8-11-23)19-27-29-28-6-4-5-24(33(28)30-27)22-9-12-25-26(20-22)35-18-17-34-25/h4-12,20H,2-3,13-19H2,1H3. The Hall–Kier alpha value is -3.58. The first kappa shape index (κ1) is 21.9. The zero-order valence-electron chi connectivity index (χ0n) is 20.2. The first-order valence-corrected chi connectivity index (χ1v) is 12.5. The third-order valence-electron chi connectivity index (χ3n) is 6.93. The van der Waals surface area contributed by atoms with Crippen LogP contribution in [-0.2, 0) is 6.42 Å². The molecule has 0 aliphatic carbocycles. The van der Waals surface area contributed by atoms with Gasteiger partial charge < -0.3 is 19.3 Å². The molecule has 0 unspecified atom stereocenters. The minimum atomic E-state index is 0.571. The summed E-state index contributed by atoms with van der Waals surface area (Å²) in [6, 6.07) is 20.9. The predicted octanol–water partition coefficient (Wildman–Crippen LogP) is 4.29. The second kappa shape index (κ2) is 9.58. The number of nitrogens with zero attached hydrogens (tertiary/aromatic N) is 5. The molecule has 0 N–H and O–H groups in total. The van der Waals surface area contributed by atoms with Crippen molar-refractivity contribution < 1.29 is 9.47 Å². The Morgan fingerprint density at radius 1 is 0.914 bits per heavy atom. The molecule has 0 saturated carbocycles. The van der Waals surface area contributed by atoms with E-state index in [4.69, 9.17) is 19.6 Å². The minimum Gasteiger partial charge on any atom is -0.486 e. The molecule has 1 saturated heterocycles. The Bertz CT molecular complexity index is 1310. The van der Waals surface area contributed by atoms with Crippen molar-refractivity contribution in [3.63, 3.8) is 0 Å². The van der Waals surface area contributed by atoms with E-state index in [0.717, 1.165) is 47.3 Å². The minimum absolute atomic E-state index is 0.571. The van der Waals surface area contributed by atoms with E-state index in [9.17, 15) is 0 Å². The number of aromatic nitrogens is 3. The molecule has 0 atom stereocenters. The lowest BCUT2D eigenvalue weighted by atomic mass is 10.1. The fourth-order valence-corrected chi connectivity index (χ4v) is 4.92. The normalized spacial score (nSPS) is 15.6. The van der Waals surface area contributed by atoms with Crippen molar-refractivity contribution in [1.82, 2.24) is 19.5 Å². The quantitative estimate of drug-likeness (QED) is 0.403. The predicted molar refractivity (Wildman–Crippen MR) is 138 cm³/mol. The number of fused-ring (bicyclic) bond motifs is 2. The fourth-order valence-electron chi connectivity index (χ4n) is 4.92. The van der Waals surface area contributed by atoms with Crippen LogP contribution >= 0.6 is 0 Å². The van der Waals surface area contributed by atoms with Gasteiger partial charge in [0, 0.05) is 37.8 Å². The molecule has 4 heterocycles. The number of hydrogen-bond acceptors (Lipinski definition) is 6. The highest BCUT2D eigenvalue weighted by molar-refractivity contribution is 5.66. The van der Waals surface area contributed by atoms with Gasteiger partial charge in [0.25, 0.3) is 0 Å².